The summed E-state index contributed by atoms with van der Waals surface area (Å²) in [5.74, 6) is 0. The van der Waals surface area contributed by atoms with Gasteiger partial charge in [0.1, 0.15) is 0 Å². The molecule has 3 nitrogen and oxygen atoms in total. The molecule has 5 N–H and O–H groups in total. The van der Waals surface area contributed by atoms with Crippen molar-refractivity contribution >= 4 is 32.5 Å². The van der Waals surface area contributed by atoms with Crippen LogP contribution in [0.1, 0.15) is 5.69 Å². The molecule has 0 radical (unpaired) electrons. The SMILES string of the molecule is NCc1[nH]c2ccc(N)cc2c1Br. The van der Waals surface area contributed by atoms with Crippen LogP contribution in [0.25, 0.3) is 10.9 Å². The van der Waals surface area contributed by atoms with Crippen LogP contribution in [0, 0.1) is 0 Å². The van der Waals surface area contributed by atoms with Crippen molar-refractivity contribution in [1.29, 1.82) is 0 Å². The largest absolute Gasteiger partial charge is 0.399 e. The van der Waals surface area contributed by atoms with E-state index in [2.05, 4.69) is 20.9 Å². The lowest BCUT2D eigenvalue weighted by Crippen LogP contribution is -1.96. The zero-order chi connectivity index (χ0) is 9.42. The number of nitrogens with one attached hydrogen (secondary N) is 1. The zero-order valence-corrected chi connectivity index (χ0v) is 8.56. The first kappa shape index (κ1) is 8.59. The molecule has 0 fully saturated rings. The molecule has 13 heavy (non-hydrogen) atoms. The molecule has 0 saturated heterocycles. The molecule has 0 aliphatic rings. The van der Waals surface area contributed by atoms with Gasteiger partial charge in [-0.15, -0.1) is 0 Å². The highest BCUT2D eigenvalue weighted by Crippen LogP contribution is 2.28. The molecular formula is C9H10BrN3. The van der Waals surface area contributed by atoms with Gasteiger partial charge in [0.2, 0.25) is 0 Å². The van der Waals surface area contributed by atoms with Crippen molar-refractivity contribution in [2.45, 2.75) is 6.54 Å². The molecule has 2 rings (SSSR count). The molecule has 0 atom stereocenters. The average molecular weight is 240 g/mol. The van der Waals surface area contributed by atoms with Crippen molar-refractivity contribution in [2.75, 3.05) is 5.73 Å². The molecule has 0 amide bonds. The molecule has 2 aromatic rings. The summed E-state index contributed by atoms with van der Waals surface area (Å²) in [6.07, 6.45) is 0. The van der Waals surface area contributed by atoms with Gasteiger partial charge in [-0.3, -0.25) is 0 Å². The Morgan fingerprint density at radius 3 is 2.85 bits per heavy atom. The molecule has 0 unspecified atom stereocenters. The van der Waals surface area contributed by atoms with E-state index in [-0.39, 0.29) is 0 Å². The lowest BCUT2D eigenvalue weighted by molar-refractivity contribution is 1.01. The number of nitrogens with two attached hydrogens (primary N) is 2. The third-order valence-electron chi connectivity index (χ3n) is 2.03. The van der Waals surface area contributed by atoms with E-state index in [1.54, 1.807) is 0 Å². The van der Waals surface area contributed by atoms with Gasteiger partial charge in [0.25, 0.3) is 0 Å². The van der Waals surface area contributed by atoms with Gasteiger partial charge in [0.15, 0.2) is 0 Å². The van der Waals surface area contributed by atoms with Crippen LogP contribution >= 0.6 is 15.9 Å². The summed E-state index contributed by atoms with van der Waals surface area (Å²) in [7, 11) is 0. The van der Waals surface area contributed by atoms with E-state index < -0.39 is 0 Å². The second kappa shape index (κ2) is 3.05. The van der Waals surface area contributed by atoms with Crippen LogP contribution in [0.4, 0.5) is 5.69 Å². The van der Waals surface area contributed by atoms with Crippen molar-refractivity contribution in [3.63, 3.8) is 0 Å². The van der Waals surface area contributed by atoms with Crippen LogP contribution in [0.3, 0.4) is 0 Å². The number of fused-ring (bicyclic) bond motifs is 1. The predicted octanol–water partition coefficient (Wildman–Crippen LogP) is 1.97. The Hall–Kier alpha value is -1.00. The highest BCUT2D eigenvalue weighted by Gasteiger charge is 2.06. The van der Waals surface area contributed by atoms with Gasteiger partial charge in [-0.25, -0.2) is 0 Å². The van der Waals surface area contributed by atoms with Crippen molar-refractivity contribution in [3.8, 4) is 0 Å². The van der Waals surface area contributed by atoms with E-state index in [0.29, 0.717) is 6.54 Å². The average Bonchev–Trinajstić information content (AvgIpc) is 2.44. The summed E-state index contributed by atoms with van der Waals surface area (Å²) in [4.78, 5) is 3.21. The quantitative estimate of drug-likeness (QED) is 0.667. The van der Waals surface area contributed by atoms with Crippen LogP contribution < -0.4 is 11.5 Å². The van der Waals surface area contributed by atoms with Crippen LogP contribution in [-0.2, 0) is 6.54 Å². The second-order valence-corrected chi connectivity index (χ2v) is 3.72. The smallest absolute Gasteiger partial charge is 0.0475 e. The Bertz CT molecular complexity index is 447. The molecule has 0 bridgehead atoms. The number of anilines is 1. The fourth-order valence-electron chi connectivity index (χ4n) is 1.37. The Balaban J connectivity index is 2.77. The number of hydrogen-bond donors (Lipinski definition) is 3. The minimum absolute atomic E-state index is 0.495. The van der Waals surface area contributed by atoms with Crippen LogP contribution in [0.15, 0.2) is 22.7 Å². The zero-order valence-electron chi connectivity index (χ0n) is 6.97. The molecular weight excluding hydrogens is 230 g/mol. The molecule has 0 aliphatic carbocycles. The molecule has 4 heteroatoms. The minimum atomic E-state index is 0.495. The van der Waals surface area contributed by atoms with Crippen LogP contribution in [-0.4, -0.2) is 4.98 Å². The van der Waals surface area contributed by atoms with Gasteiger partial charge in [-0.2, -0.15) is 0 Å². The Labute approximate surface area is 84.2 Å². The van der Waals surface area contributed by atoms with E-state index in [0.717, 1.165) is 26.8 Å². The summed E-state index contributed by atoms with van der Waals surface area (Å²) in [5.41, 5.74) is 14.1. The van der Waals surface area contributed by atoms with Gasteiger partial charge in [-0.1, -0.05) is 0 Å². The standard InChI is InChI=1S/C9H10BrN3/c10-9-6-3-5(12)1-2-7(6)13-8(9)4-11/h1-3,13H,4,11-12H2. The molecule has 68 valence electrons. The lowest BCUT2D eigenvalue weighted by atomic mass is 10.2. The topological polar surface area (TPSA) is 67.8 Å². The summed E-state index contributed by atoms with van der Waals surface area (Å²) < 4.78 is 1.01. The molecule has 1 heterocycles. The third kappa shape index (κ3) is 1.32. The van der Waals surface area contributed by atoms with E-state index in [9.17, 15) is 0 Å². The van der Waals surface area contributed by atoms with Gasteiger partial charge in [0, 0.05) is 33.3 Å². The minimum Gasteiger partial charge on any atom is -0.399 e. The maximum atomic E-state index is 5.68. The van der Waals surface area contributed by atoms with Crippen molar-refractivity contribution in [3.05, 3.63) is 28.4 Å². The fraction of sp³-hybridized carbons (Fsp3) is 0.111. The molecule has 0 spiro atoms. The number of hydrogen-bond acceptors (Lipinski definition) is 2. The summed E-state index contributed by atoms with van der Waals surface area (Å²) in [5, 5.41) is 1.08. The summed E-state index contributed by atoms with van der Waals surface area (Å²) >= 11 is 3.48. The number of aromatic amines is 1. The number of benzene rings is 1. The highest BCUT2D eigenvalue weighted by atomic mass is 79.9. The van der Waals surface area contributed by atoms with Crippen LogP contribution in [0.2, 0.25) is 0 Å². The molecule has 1 aromatic heterocycles. The monoisotopic (exact) mass is 239 g/mol. The number of aromatic nitrogens is 1. The van der Waals surface area contributed by atoms with Gasteiger partial charge in [0.05, 0.1) is 0 Å². The second-order valence-electron chi connectivity index (χ2n) is 2.93. The van der Waals surface area contributed by atoms with Crippen molar-refractivity contribution in [1.82, 2.24) is 4.98 Å². The molecule has 0 aliphatic heterocycles. The first-order chi connectivity index (χ1) is 6.22. The Morgan fingerprint density at radius 2 is 2.15 bits per heavy atom. The van der Waals surface area contributed by atoms with E-state index in [1.165, 1.54) is 0 Å². The predicted molar refractivity (Wildman–Crippen MR) is 58.3 cm³/mol. The number of nitrogen functional groups attached to an aromatic ring is 1. The van der Waals surface area contributed by atoms with Crippen molar-refractivity contribution in [2.24, 2.45) is 5.73 Å². The van der Waals surface area contributed by atoms with E-state index in [1.807, 2.05) is 18.2 Å². The lowest BCUT2D eigenvalue weighted by Gasteiger charge is -1.92. The number of H-pyrrole nitrogens is 1. The maximum Gasteiger partial charge on any atom is 0.0475 e. The summed E-state index contributed by atoms with van der Waals surface area (Å²) in [6, 6.07) is 5.75. The highest BCUT2D eigenvalue weighted by molar-refractivity contribution is 9.10. The first-order valence-electron chi connectivity index (χ1n) is 3.98. The van der Waals surface area contributed by atoms with Gasteiger partial charge in [-0.05, 0) is 34.1 Å². The van der Waals surface area contributed by atoms with Crippen LogP contribution in [0.5, 0.6) is 0 Å². The molecule has 1 aromatic carbocycles. The number of rotatable bonds is 1. The normalized spacial score (nSPS) is 10.9. The number of halogens is 1. The molecule has 0 saturated carbocycles. The summed E-state index contributed by atoms with van der Waals surface area (Å²) in [6.45, 7) is 0.495. The maximum absolute atomic E-state index is 5.68. The Morgan fingerprint density at radius 1 is 1.38 bits per heavy atom. The van der Waals surface area contributed by atoms with E-state index >= 15 is 0 Å². The van der Waals surface area contributed by atoms with Gasteiger partial charge < -0.3 is 16.5 Å². The third-order valence-corrected chi connectivity index (χ3v) is 2.94. The van der Waals surface area contributed by atoms with Gasteiger partial charge >= 0.3 is 0 Å². The van der Waals surface area contributed by atoms with Crippen molar-refractivity contribution < 1.29 is 0 Å². The first-order valence-corrected chi connectivity index (χ1v) is 4.77. The fourth-order valence-corrected chi connectivity index (χ4v) is 1.96. The van der Waals surface area contributed by atoms with E-state index in [4.69, 9.17) is 11.5 Å². The Kier molecular flexibility index (Phi) is 2.01.